The highest BCUT2D eigenvalue weighted by atomic mass is 19.1. The van der Waals surface area contributed by atoms with Crippen molar-refractivity contribution >= 4 is 10.9 Å². The third-order valence-corrected chi connectivity index (χ3v) is 3.57. The molecule has 108 valence electrons. The van der Waals surface area contributed by atoms with Gasteiger partial charge in [0.25, 0.3) is 0 Å². The van der Waals surface area contributed by atoms with E-state index in [1.54, 1.807) is 12.1 Å². The molecule has 0 amide bonds. The van der Waals surface area contributed by atoms with Gasteiger partial charge >= 0.3 is 0 Å². The molecule has 3 nitrogen and oxygen atoms in total. The lowest BCUT2D eigenvalue weighted by atomic mass is 10.2. The largest absolute Gasteiger partial charge is 0.307 e. The molecule has 0 spiro atoms. The summed E-state index contributed by atoms with van der Waals surface area (Å²) in [6.07, 6.45) is 0. The Balaban J connectivity index is 1.72. The molecule has 3 rings (SSSR count). The van der Waals surface area contributed by atoms with Gasteiger partial charge in [-0.3, -0.25) is 4.68 Å². The third-order valence-electron chi connectivity index (χ3n) is 3.57. The van der Waals surface area contributed by atoms with Gasteiger partial charge in [-0.15, -0.1) is 0 Å². The highest BCUT2D eigenvalue weighted by Gasteiger charge is 2.08. The van der Waals surface area contributed by atoms with Gasteiger partial charge in [0.05, 0.1) is 11.2 Å². The van der Waals surface area contributed by atoms with Crippen molar-refractivity contribution in [3.05, 3.63) is 65.6 Å². The van der Waals surface area contributed by atoms with E-state index in [1.165, 1.54) is 23.0 Å². The first-order chi connectivity index (χ1) is 10.3. The Labute approximate surface area is 123 Å². The Morgan fingerprint density at radius 3 is 2.57 bits per heavy atom. The molecule has 0 aliphatic heterocycles. The van der Waals surface area contributed by atoms with Crippen LogP contribution < -0.4 is 5.32 Å². The average molecular weight is 283 g/mol. The number of rotatable bonds is 5. The van der Waals surface area contributed by atoms with Crippen LogP contribution in [0.1, 0.15) is 18.2 Å². The number of benzene rings is 2. The molecule has 0 bridgehead atoms. The Morgan fingerprint density at radius 2 is 1.81 bits per heavy atom. The summed E-state index contributed by atoms with van der Waals surface area (Å²) in [5, 5.41) is 9.20. The zero-order valence-corrected chi connectivity index (χ0v) is 12.0. The number of hydrogen-bond donors (Lipinski definition) is 1. The molecule has 3 aromatic rings. The predicted octanol–water partition coefficient (Wildman–Crippen LogP) is 3.49. The Kier molecular flexibility index (Phi) is 3.97. The van der Waals surface area contributed by atoms with Gasteiger partial charge < -0.3 is 5.32 Å². The summed E-state index contributed by atoms with van der Waals surface area (Å²) in [5.74, 6) is -0.202. The van der Waals surface area contributed by atoms with Crippen LogP contribution in [0.3, 0.4) is 0 Å². The summed E-state index contributed by atoms with van der Waals surface area (Å²) in [6, 6.07) is 14.8. The van der Waals surface area contributed by atoms with E-state index < -0.39 is 0 Å². The van der Waals surface area contributed by atoms with Crippen LogP contribution in [0.25, 0.3) is 10.9 Å². The van der Waals surface area contributed by atoms with E-state index in [1.807, 2.05) is 16.8 Å². The zero-order valence-electron chi connectivity index (χ0n) is 12.0. The predicted molar refractivity (Wildman–Crippen MR) is 82.4 cm³/mol. The van der Waals surface area contributed by atoms with Crippen LogP contribution in [-0.4, -0.2) is 9.78 Å². The van der Waals surface area contributed by atoms with E-state index in [4.69, 9.17) is 0 Å². The lowest BCUT2D eigenvalue weighted by Crippen LogP contribution is -2.13. The van der Waals surface area contributed by atoms with E-state index in [2.05, 4.69) is 29.5 Å². The molecule has 1 aromatic heterocycles. The van der Waals surface area contributed by atoms with Crippen molar-refractivity contribution in [2.75, 3.05) is 0 Å². The minimum absolute atomic E-state index is 0.202. The summed E-state index contributed by atoms with van der Waals surface area (Å²) >= 11 is 0. The first-order valence-corrected chi connectivity index (χ1v) is 7.17. The molecule has 1 heterocycles. The Morgan fingerprint density at radius 1 is 1.05 bits per heavy atom. The van der Waals surface area contributed by atoms with Crippen molar-refractivity contribution in [1.82, 2.24) is 15.1 Å². The second-order valence-corrected chi connectivity index (χ2v) is 5.01. The summed E-state index contributed by atoms with van der Waals surface area (Å²) in [5.41, 5.74) is 3.28. The number of hydrogen-bond acceptors (Lipinski definition) is 2. The smallest absolute Gasteiger partial charge is 0.123 e. The molecule has 4 heteroatoms. The molecule has 1 N–H and O–H groups in total. The van der Waals surface area contributed by atoms with Crippen LogP contribution in [0.2, 0.25) is 0 Å². The zero-order chi connectivity index (χ0) is 14.7. The molecule has 0 unspecified atom stereocenters. The molecule has 21 heavy (non-hydrogen) atoms. The molecule has 0 aliphatic rings. The molecule has 0 atom stereocenters. The fraction of sp³-hybridized carbons (Fsp3) is 0.235. The van der Waals surface area contributed by atoms with Crippen LogP contribution in [0.15, 0.2) is 48.5 Å². The highest BCUT2D eigenvalue weighted by Crippen LogP contribution is 2.18. The first-order valence-electron chi connectivity index (χ1n) is 7.17. The monoisotopic (exact) mass is 283 g/mol. The number of para-hydroxylation sites is 1. The highest BCUT2D eigenvalue weighted by molar-refractivity contribution is 5.81. The van der Waals surface area contributed by atoms with E-state index in [9.17, 15) is 4.39 Å². The average Bonchev–Trinajstić information content (AvgIpc) is 2.88. The van der Waals surface area contributed by atoms with E-state index >= 15 is 0 Å². The number of aromatic nitrogens is 2. The maximum absolute atomic E-state index is 12.9. The van der Waals surface area contributed by atoms with Crippen molar-refractivity contribution < 1.29 is 4.39 Å². The van der Waals surface area contributed by atoms with Crippen molar-refractivity contribution in [3.8, 4) is 0 Å². The van der Waals surface area contributed by atoms with Gasteiger partial charge in [0, 0.05) is 25.0 Å². The summed E-state index contributed by atoms with van der Waals surface area (Å²) < 4.78 is 14.9. The van der Waals surface area contributed by atoms with Crippen LogP contribution in [-0.2, 0) is 19.6 Å². The van der Waals surface area contributed by atoms with Crippen molar-refractivity contribution in [2.45, 2.75) is 26.6 Å². The normalized spacial score (nSPS) is 11.1. The van der Waals surface area contributed by atoms with Gasteiger partial charge in [0.1, 0.15) is 5.82 Å². The summed E-state index contributed by atoms with van der Waals surface area (Å²) in [7, 11) is 0. The second kappa shape index (κ2) is 6.06. The third kappa shape index (κ3) is 2.95. The number of halogens is 1. The van der Waals surface area contributed by atoms with Crippen molar-refractivity contribution in [3.63, 3.8) is 0 Å². The number of nitrogens with zero attached hydrogens (tertiary/aromatic N) is 2. The van der Waals surface area contributed by atoms with Gasteiger partial charge in [-0.2, -0.15) is 5.10 Å². The molecule has 0 saturated carbocycles. The van der Waals surface area contributed by atoms with Crippen LogP contribution in [0, 0.1) is 5.82 Å². The quantitative estimate of drug-likeness (QED) is 0.777. The number of fused-ring (bicyclic) bond motifs is 1. The molecular weight excluding hydrogens is 265 g/mol. The molecule has 0 saturated heterocycles. The van der Waals surface area contributed by atoms with Crippen LogP contribution in [0.5, 0.6) is 0 Å². The molecular formula is C17H18FN3. The first kappa shape index (κ1) is 13.8. The molecule has 2 aromatic carbocycles. The Bertz CT molecular complexity index is 731. The second-order valence-electron chi connectivity index (χ2n) is 5.01. The maximum Gasteiger partial charge on any atom is 0.123 e. The van der Waals surface area contributed by atoms with E-state index in [0.29, 0.717) is 13.1 Å². The minimum atomic E-state index is -0.202. The van der Waals surface area contributed by atoms with Crippen molar-refractivity contribution in [1.29, 1.82) is 0 Å². The van der Waals surface area contributed by atoms with E-state index in [-0.39, 0.29) is 5.82 Å². The van der Waals surface area contributed by atoms with Crippen molar-refractivity contribution in [2.24, 2.45) is 0 Å². The SMILES string of the molecule is CCn1nc(CNCc2ccc(F)cc2)c2ccccc21. The van der Waals surface area contributed by atoms with Gasteiger partial charge in [0.15, 0.2) is 0 Å². The van der Waals surface area contributed by atoms with Crippen LogP contribution >= 0.6 is 0 Å². The number of nitrogens with one attached hydrogen (secondary N) is 1. The fourth-order valence-corrected chi connectivity index (χ4v) is 2.50. The molecule has 0 aliphatic carbocycles. The molecule has 0 radical (unpaired) electrons. The van der Waals surface area contributed by atoms with E-state index in [0.717, 1.165) is 17.8 Å². The molecule has 0 fully saturated rings. The fourth-order valence-electron chi connectivity index (χ4n) is 2.50. The topological polar surface area (TPSA) is 29.9 Å². The summed E-state index contributed by atoms with van der Waals surface area (Å²) in [4.78, 5) is 0. The van der Waals surface area contributed by atoms with Gasteiger partial charge in [-0.05, 0) is 30.7 Å². The van der Waals surface area contributed by atoms with Gasteiger partial charge in [-0.25, -0.2) is 4.39 Å². The Hall–Kier alpha value is -2.20. The lowest BCUT2D eigenvalue weighted by molar-refractivity contribution is 0.620. The standard InChI is InChI=1S/C17H18FN3/c1-2-21-17-6-4-3-5-15(17)16(20-21)12-19-11-13-7-9-14(18)10-8-13/h3-10,19H,2,11-12H2,1H3. The lowest BCUT2D eigenvalue weighted by Gasteiger charge is -2.03. The summed E-state index contributed by atoms with van der Waals surface area (Å²) in [6.45, 7) is 4.35. The van der Waals surface area contributed by atoms with Gasteiger partial charge in [-0.1, -0.05) is 30.3 Å². The van der Waals surface area contributed by atoms with Gasteiger partial charge in [0.2, 0.25) is 0 Å². The minimum Gasteiger partial charge on any atom is -0.307 e. The number of aryl methyl sites for hydroxylation is 1. The van der Waals surface area contributed by atoms with Crippen LogP contribution in [0.4, 0.5) is 4.39 Å². The maximum atomic E-state index is 12.9.